The van der Waals surface area contributed by atoms with Gasteiger partial charge in [-0.2, -0.15) is 8.42 Å². The summed E-state index contributed by atoms with van der Waals surface area (Å²) in [6, 6.07) is 0. The Bertz CT molecular complexity index is 1030. The third-order valence-electron chi connectivity index (χ3n) is 7.40. The van der Waals surface area contributed by atoms with Crippen molar-refractivity contribution >= 4 is 16.0 Å². The molecule has 0 aromatic heterocycles. The van der Waals surface area contributed by atoms with Gasteiger partial charge in [-0.05, 0) is 13.8 Å². The summed E-state index contributed by atoms with van der Waals surface area (Å²) in [7, 11) is -4.34. The highest BCUT2D eigenvalue weighted by molar-refractivity contribution is 7.85. The Labute approximate surface area is 251 Å². The van der Waals surface area contributed by atoms with E-state index >= 15 is 0 Å². The summed E-state index contributed by atoms with van der Waals surface area (Å²) >= 11 is 0. The molecule has 0 aromatic carbocycles. The van der Waals surface area contributed by atoms with E-state index in [0.717, 1.165) is 0 Å². The maximum Gasteiger partial charge on any atom is 0.266 e. The number of hydrogen-bond acceptors (Lipinski definition) is 18. The zero-order valence-corrected chi connectivity index (χ0v) is 24.4. The molecule has 20 nitrogen and oxygen atoms in total. The maximum atomic E-state index is 12.2. The summed E-state index contributed by atoms with van der Waals surface area (Å²) in [6.45, 7) is 0.449. The number of carbonyl (C=O) groups excluding carboxylic acids is 1. The van der Waals surface area contributed by atoms with E-state index in [1.54, 1.807) is 0 Å². The lowest BCUT2D eigenvalue weighted by atomic mass is 9.96. The molecule has 3 fully saturated rings. The molecular weight excluding hydrogens is 626 g/mol. The minimum atomic E-state index is -4.34. The topological polar surface area (TPSA) is 321 Å². The van der Waals surface area contributed by atoms with E-state index in [9.17, 15) is 59.2 Å². The van der Waals surface area contributed by atoms with E-state index in [1.807, 2.05) is 0 Å². The molecule has 258 valence electrons. The van der Waals surface area contributed by atoms with Crippen molar-refractivity contribution in [1.29, 1.82) is 0 Å². The summed E-state index contributed by atoms with van der Waals surface area (Å²) in [4.78, 5) is 12.2. The minimum absolute atomic E-state index is 0.452. The fourth-order valence-corrected chi connectivity index (χ4v) is 5.17. The minimum Gasteiger partial charge on any atom is -0.394 e. The highest BCUT2D eigenvalue weighted by Crippen LogP contribution is 2.32. The van der Waals surface area contributed by atoms with Crippen molar-refractivity contribution in [2.24, 2.45) is 0 Å². The lowest BCUT2D eigenvalue weighted by molar-refractivity contribution is -0.379. The third-order valence-corrected chi connectivity index (χ3v) is 8.12. The number of rotatable bonds is 12. The molecule has 16 atom stereocenters. The van der Waals surface area contributed by atoms with Crippen LogP contribution in [0, 0.1) is 0 Å². The Morgan fingerprint density at radius 2 is 1.20 bits per heavy atom. The van der Waals surface area contributed by atoms with E-state index in [-0.39, 0.29) is 0 Å². The van der Waals surface area contributed by atoms with Gasteiger partial charge < -0.3 is 79.7 Å². The maximum absolute atomic E-state index is 12.2. The van der Waals surface area contributed by atoms with Crippen LogP contribution in [0.5, 0.6) is 0 Å². The van der Waals surface area contributed by atoms with Crippen molar-refractivity contribution in [3.05, 3.63) is 0 Å². The Balaban J connectivity index is 1.64. The second-order valence-corrected chi connectivity index (χ2v) is 12.2. The Morgan fingerprint density at radius 1 is 0.750 bits per heavy atom. The second-order valence-electron chi connectivity index (χ2n) is 10.7. The van der Waals surface area contributed by atoms with Crippen LogP contribution in [0.2, 0.25) is 0 Å². The molecule has 3 aliphatic heterocycles. The van der Waals surface area contributed by atoms with E-state index in [2.05, 4.69) is 5.32 Å². The Hall–Kier alpha value is -1.22. The van der Waals surface area contributed by atoms with Gasteiger partial charge in [0.25, 0.3) is 10.1 Å². The molecule has 3 aliphatic rings. The molecule has 21 heteroatoms. The molecule has 0 bridgehead atoms. The molecule has 11 N–H and O–H groups in total. The lowest BCUT2D eigenvalue weighted by Gasteiger charge is -2.48. The normalized spacial score (nSPS) is 44.2. The lowest BCUT2D eigenvalue weighted by Crippen LogP contribution is -2.66. The number of aliphatic hydroxyl groups is 9. The highest BCUT2D eigenvalue weighted by atomic mass is 32.2. The molecule has 3 saturated heterocycles. The summed E-state index contributed by atoms with van der Waals surface area (Å²) < 4.78 is 63.0. The third kappa shape index (κ3) is 8.77. The first kappa shape index (κ1) is 37.2. The Kier molecular flexibility index (Phi) is 13.2. The van der Waals surface area contributed by atoms with Crippen LogP contribution >= 0.6 is 0 Å². The van der Waals surface area contributed by atoms with Gasteiger partial charge in [0.15, 0.2) is 18.9 Å². The van der Waals surface area contributed by atoms with Gasteiger partial charge in [0.2, 0.25) is 5.91 Å². The van der Waals surface area contributed by atoms with Crippen LogP contribution in [-0.4, -0.2) is 189 Å². The number of nitrogens with one attached hydrogen (secondary N) is 1. The van der Waals surface area contributed by atoms with Gasteiger partial charge in [0.05, 0.1) is 25.1 Å². The molecule has 0 radical (unpaired) electrons. The van der Waals surface area contributed by atoms with Crippen molar-refractivity contribution < 1.29 is 92.1 Å². The van der Waals surface area contributed by atoms with E-state index in [1.165, 1.54) is 13.8 Å². The number of carbonyl (C=O) groups is 1. The number of ether oxygens (including phenoxy) is 6. The van der Waals surface area contributed by atoms with Crippen molar-refractivity contribution in [2.45, 2.75) is 112 Å². The highest BCUT2D eigenvalue weighted by Gasteiger charge is 2.53. The van der Waals surface area contributed by atoms with Gasteiger partial charge >= 0.3 is 0 Å². The first-order valence-corrected chi connectivity index (χ1v) is 15.2. The van der Waals surface area contributed by atoms with Crippen LogP contribution < -0.4 is 5.32 Å². The molecule has 16 unspecified atom stereocenters. The summed E-state index contributed by atoms with van der Waals surface area (Å²) in [5.41, 5.74) is 0. The van der Waals surface area contributed by atoms with Crippen LogP contribution in [0.4, 0.5) is 0 Å². The van der Waals surface area contributed by atoms with Crippen molar-refractivity contribution in [1.82, 2.24) is 5.32 Å². The molecule has 1 amide bonds. The standard InChI is InChI=1S/C23H41NO19S/c1-7-11(27)12(28)15(31)22(38-7)42-18-10(6-26)41-23(17(33)14(18)30)43-19-9(5-25)40-21(16(32)13(19)29)39-8(2)20(34)24-3-4-44(35,36)37/h7-19,21-23,25-33H,3-6H2,1-2H3,(H,24,34)(H,35,36,37). The molecule has 0 saturated carbocycles. The monoisotopic (exact) mass is 667 g/mol. The molecular formula is C23H41NO19S. The van der Waals surface area contributed by atoms with E-state index in [0.29, 0.717) is 0 Å². The van der Waals surface area contributed by atoms with Crippen LogP contribution in [0.3, 0.4) is 0 Å². The number of amides is 1. The average Bonchev–Trinajstić information content (AvgIpc) is 2.96. The van der Waals surface area contributed by atoms with Crippen LogP contribution in [-0.2, 0) is 43.3 Å². The van der Waals surface area contributed by atoms with Gasteiger partial charge in [-0.25, -0.2) is 0 Å². The number of hydrogen-bond donors (Lipinski definition) is 11. The average molecular weight is 668 g/mol. The zero-order chi connectivity index (χ0) is 33.1. The van der Waals surface area contributed by atoms with Gasteiger partial charge in [-0.3, -0.25) is 9.35 Å². The molecule has 0 spiro atoms. The van der Waals surface area contributed by atoms with Crippen LogP contribution in [0.25, 0.3) is 0 Å². The first-order chi connectivity index (χ1) is 20.5. The summed E-state index contributed by atoms with van der Waals surface area (Å²) in [6.07, 6.45) is -26.2. The predicted octanol–water partition coefficient (Wildman–Crippen LogP) is -7.13. The Morgan fingerprint density at radius 3 is 1.70 bits per heavy atom. The quantitative estimate of drug-likeness (QED) is 0.0861. The van der Waals surface area contributed by atoms with E-state index < -0.39 is 140 Å². The SMILES string of the molecule is CC(OC1OC(CO)C(OC2OC(CO)C(OC3OC(C)C(O)C(O)C3O)C(O)C2O)C(O)C1O)C(=O)NCCS(=O)(=O)O. The molecule has 0 aliphatic carbocycles. The fourth-order valence-electron chi connectivity index (χ4n) is 4.81. The zero-order valence-electron chi connectivity index (χ0n) is 23.6. The summed E-state index contributed by atoms with van der Waals surface area (Å²) in [5, 5.41) is 94.9. The second kappa shape index (κ2) is 15.6. The van der Waals surface area contributed by atoms with Gasteiger partial charge in [0.1, 0.15) is 73.2 Å². The first-order valence-electron chi connectivity index (χ1n) is 13.6. The van der Waals surface area contributed by atoms with Gasteiger partial charge in [-0.1, -0.05) is 0 Å². The van der Waals surface area contributed by atoms with Crippen molar-refractivity contribution in [3.63, 3.8) is 0 Å². The molecule has 44 heavy (non-hydrogen) atoms. The molecule has 3 heterocycles. The molecule has 3 rings (SSSR count). The fraction of sp³-hybridized carbons (Fsp3) is 0.957. The molecule has 0 aromatic rings. The summed E-state index contributed by atoms with van der Waals surface area (Å²) in [5.74, 6) is -1.63. The smallest absolute Gasteiger partial charge is 0.266 e. The van der Waals surface area contributed by atoms with Crippen molar-refractivity contribution in [2.75, 3.05) is 25.5 Å². The van der Waals surface area contributed by atoms with Gasteiger partial charge in [-0.15, -0.1) is 0 Å². The number of aliphatic hydroxyl groups excluding tert-OH is 9. The van der Waals surface area contributed by atoms with E-state index in [4.69, 9.17) is 33.0 Å². The van der Waals surface area contributed by atoms with Crippen LogP contribution in [0.1, 0.15) is 13.8 Å². The van der Waals surface area contributed by atoms with Crippen molar-refractivity contribution in [3.8, 4) is 0 Å². The largest absolute Gasteiger partial charge is 0.394 e. The predicted molar refractivity (Wildman–Crippen MR) is 138 cm³/mol. The van der Waals surface area contributed by atoms with Gasteiger partial charge in [0, 0.05) is 6.54 Å². The van der Waals surface area contributed by atoms with Crippen LogP contribution in [0.15, 0.2) is 0 Å².